The van der Waals surface area contributed by atoms with Gasteiger partial charge in [-0.3, -0.25) is 4.79 Å². The molecule has 5 heteroatoms. The molecule has 118 valence electrons. The SMILES string of the molecule is CN(Cc1ccc(Br)cc1)C(=O)/C=C/c1ccc2c(c1)OCO2. The van der Waals surface area contributed by atoms with Gasteiger partial charge in [0.1, 0.15) is 0 Å². The van der Waals surface area contributed by atoms with Gasteiger partial charge in [0.2, 0.25) is 12.7 Å². The number of hydrogen-bond donors (Lipinski definition) is 0. The van der Waals surface area contributed by atoms with Crippen molar-refractivity contribution in [3.05, 3.63) is 64.1 Å². The molecule has 0 aromatic heterocycles. The summed E-state index contributed by atoms with van der Waals surface area (Å²) < 4.78 is 11.6. The van der Waals surface area contributed by atoms with Crippen molar-refractivity contribution >= 4 is 27.9 Å². The number of ether oxygens (including phenoxy) is 2. The number of carbonyl (C=O) groups is 1. The van der Waals surface area contributed by atoms with E-state index in [4.69, 9.17) is 9.47 Å². The molecule has 0 atom stereocenters. The summed E-state index contributed by atoms with van der Waals surface area (Å²) in [5, 5.41) is 0. The van der Waals surface area contributed by atoms with Crippen LogP contribution in [0.25, 0.3) is 6.08 Å². The van der Waals surface area contributed by atoms with Crippen LogP contribution in [0.1, 0.15) is 11.1 Å². The van der Waals surface area contributed by atoms with Crippen LogP contribution in [-0.4, -0.2) is 24.6 Å². The molecule has 0 aliphatic carbocycles. The van der Waals surface area contributed by atoms with Crippen molar-refractivity contribution in [3.63, 3.8) is 0 Å². The third-order valence-electron chi connectivity index (χ3n) is 3.52. The number of fused-ring (bicyclic) bond motifs is 1. The Kier molecular flexibility index (Phi) is 4.67. The summed E-state index contributed by atoms with van der Waals surface area (Å²) in [4.78, 5) is 13.9. The van der Waals surface area contributed by atoms with Crippen LogP contribution in [0.4, 0.5) is 0 Å². The Balaban J connectivity index is 1.62. The molecule has 1 heterocycles. The summed E-state index contributed by atoms with van der Waals surface area (Å²) in [6.45, 7) is 0.814. The summed E-state index contributed by atoms with van der Waals surface area (Å²) in [5.74, 6) is 1.40. The standard InChI is InChI=1S/C18H16BrNO3/c1-20(11-14-2-6-15(19)7-3-14)18(21)9-5-13-4-8-16-17(10-13)23-12-22-16/h2-10H,11-12H2,1H3/b9-5+. The molecule has 4 nitrogen and oxygen atoms in total. The number of halogens is 1. The van der Waals surface area contributed by atoms with E-state index >= 15 is 0 Å². The molecule has 2 aromatic carbocycles. The molecule has 23 heavy (non-hydrogen) atoms. The Morgan fingerprint density at radius 2 is 1.91 bits per heavy atom. The first-order valence-corrected chi connectivity index (χ1v) is 7.98. The fourth-order valence-corrected chi connectivity index (χ4v) is 2.52. The van der Waals surface area contributed by atoms with E-state index in [1.807, 2.05) is 42.5 Å². The highest BCUT2D eigenvalue weighted by Crippen LogP contribution is 2.32. The highest BCUT2D eigenvalue weighted by molar-refractivity contribution is 9.10. The average molecular weight is 374 g/mol. The summed E-state index contributed by atoms with van der Waals surface area (Å²) in [7, 11) is 1.79. The van der Waals surface area contributed by atoms with Crippen molar-refractivity contribution in [3.8, 4) is 11.5 Å². The molecule has 0 saturated heterocycles. The fraction of sp³-hybridized carbons (Fsp3) is 0.167. The van der Waals surface area contributed by atoms with Crippen LogP contribution in [-0.2, 0) is 11.3 Å². The molecule has 0 unspecified atom stereocenters. The molecule has 1 aliphatic heterocycles. The van der Waals surface area contributed by atoms with E-state index in [2.05, 4.69) is 15.9 Å². The lowest BCUT2D eigenvalue weighted by atomic mass is 10.2. The van der Waals surface area contributed by atoms with E-state index in [-0.39, 0.29) is 12.7 Å². The van der Waals surface area contributed by atoms with E-state index in [0.717, 1.165) is 21.3 Å². The highest BCUT2D eigenvalue weighted by atomic mass is 79.9. The first-order chi connectivity index (χ1) is 11.1. The van der Waals surface area contributed by atoms with E-state index in [1.165, 1.54) is 0 Å². The molecular formula is C18H16BrNO3. The van der Waals surface area contributed by atoms with E-state index in [9.17, 15) is 4.79 Å². The van der Waals surface area contributed by atoms with Gasteiger partial charge in [-0.2, -0.15) is 0 Å². The maximum Gasteiger partial charge on any atom is 0.246 e. The average Bonchev–Trinajstić information content (AvgIpc) is 3.02. The second-order valence-electron chi connectivity index (χ2n) is 5.27. The maximum atomic E-state index is 12.2. The monoisotopic (exact) mass is 373 g/mol. The van der Waals surface area contributed by atoms with Gasteiger partial charge in [-0.25, -0.2) is 0 Å². The van der Waals surface area contributed by atoms with Gasteiger partial charge in [0.15, 0.2) is 11.5 Å². The number of benzene rings is 2. The predicted octanol–water partition coefficient (Wildman–Crippen LogP) is 3.85. The van der Waals surface area contributed by atoms with E-state index < -0.39 is 0 Å². The lowest BCUT2D eigenvalue weighted by Gasteiger charge is -2.15. The van der Waals surface area contributed by atoms with Gasteiger partial charge in [0, 0.05) is 24.1 Å². The Labute approximate surface area is 143 Å². The summed E-state index contributed by atoms with van der Waals surface area (Å²) in [6, 6.07) is 13.5. The molecule has 1 amide bonds. The summed E-state index contributed by atoms with van der Waals surface area (Å²) in [6.07, 6.45) is 3.35. The van der Waals surface area contributed by atoms with Gasteiger partial charge in [0.25, 0.3) is 0 Å². The second kappa shape index (κ2) is 6.87. The zero-order valence-corrected chi connectivity index (χ0v) is 14.2. The minimum atomic E-state index is -0.0504. The predicted molar refractivity (Wildman–Crippen MR) is 92.2 cm³/mol. The van der Waals surface area contributed by atoms with Crippen LogP contribution in [0.2, 0.25) is 0 Å². The molecule has 0 fully saturated rings. The smallest absolute Gasteiger partial charge is 0.246 e. The number of nitrogens with zero attached hydrogens (tertiary/aromatic N) is 1. The summed E-state index contributed by atoms with van der Waals surface area (Å²) in [5.41, 5.74) is 1.99. The largest absolute Gasteiger partial charge is 0.454 e. The molecular weight excluding hydrogens is 358 g/mol. The van der Waals surface area contributed by atoms with E-state index in [1.54, 1.807) is 24.1 Å². The lowest BCUT2D eigenvalue weighted by Crippen LogP contribution is -2.24. The number of likely N-dealkylation sites (N-methyl/N-ethyl adjacent to an activating group) is 1. The zero-order valence-electron chi connectivity index (χ0n) is 12.7. The molecule has 0 radical (unpaired) electrons. The van der Waals surface area contributed by atoms with Crippen LogP contribution in [0.15, 0.2) is 53.0 Å². The van der Waals surface area contributed by atoms with Crippen molar-refractivity contribution < 1.29 is 14.3 Å². The van der Waals surface area contributed by atoms with Gasteiger partial charge < -0.3 is 14.4 Å². The molecule has 2 aromatic rings. The van der Waals surface area contributed by atoms with Gasteiger partial charge in [0.05, 0.1) is 0 Å². The number of hydrogen-bond acceptors (Lipinski definition) is 3. The summed E-state index contributed by atoms with van der Waals surface area (Å²) >= 11 is 3.40. The lowest BCUT2D eigenvalue weighted by molar-refractivity contribution is -0.125. The van der Waals surface area contributed by atoms with Crippen LogP contribution >= 0.6 is 15.9 Å². The van der Waals surface area contributed by atoms with Crippen molar-refractivity contribution in [2.75, 3.05) is 13.8 Å². The Morgan fingerprint density at radius 3 is 2.70 bits per heavy atom. The second-order valence-corrected chi connectivity index (χ2v) is 6.18. The Bertz CT molecular complexity index is 740. The first-order valence-electron chi connectivity index (χ1n) is 7.19. The van der Waals surface area contributed by atoms with Gasteiger partial charge >= 0.3 is 0 Å². The van der Waals surface area contributed by atoms with Gasteiger partial charge in [-0.15, -0.1) is 0 Å². The Morgan fingerprint density at radius 1 is 1.17 bits per heavy atom. The maximum absolute atomic E-state index is 12.2. The zero-order chi connectivity index (χ0) is 16.2. The third-order valence-corrected chi connectivity index (χ3v) is 4.05. The minimum absolute atomic E-state index is 0.0504. The molecule has 0 spiro atoms. The van der Waals surface area contributed by atoms with E-state index in [0.29, 0.717) is 12.3 Å². The minimum Gasteiger partial charge on any atom is -0.454 e. The molecule has 1 aliphatic rings. The van der Waals surface area contributed by atoms with Gasteiger partial charge in [-0.05, 0) is 41.5 Å². The fourth-order valence-electron chi connectivity index (χ4n) is 2.25. The topological polar surface area (TPSA) is 38.8 Å². The number of rotatable bonds is 4. The highest BCUT2D eigenvalue weighted by Gasteiger charge is 2.12. The van der Waals surface area contributed by atoms with Crippen molar-refractivity contribution in [1.82, 2.24) is 4.90 Å². The van der Waals surface area contributed by atoms with Crippen molar-refractivity contribution in [1.29, 1.82) is 0 Å². The van der Waals surface area contributed by atoms with Crippen LogP contribution in [0, 0.1) is 0 Å². The van der Waals surface area contributed by atoms with Crippen LogP contribution in [0.3, 0.4) is 0 Å². The van der Waals surface area contributed by atoms with Crippen LogP contribution < -0.4 is 9.47 Å². The molecule has 0 N–H and O–H groups in total. The van der Waals surface area contributed by atoms with Gasteiger partial charge in [-0.1, -0.05) is 34.1 Å². The molecule has 0 bridgehead atoms. The third kappa shape index (κ3) is 3.93. The van der Waals surface area contributed by atoms with Crippen LogP contribution in [0.5, 0.6) is 11.5 Å². The Hall–Kier alpha value is -2.27. The molecule has 0 saturated carbocycles. The number of amides is 1. The van der Waals surface area contributed by atoms with Crippen molar-refractivity contribution in [2.45, 2.75) is 6.54 Å². The van der Waals surface area contributed by atoms with Crippen molar-refractivity contribution in [2.24, 2.45) is 0 Å². The molecule has 3 rings (SSSR count). The first kappa shape index (κ1) is 15.6. The normalized spacial score (nSPS) is 12.6. The quantitative estimate of drug-likeness (QED) is 0.764. The number of carbonyl (C=O) groups excluding carboxylic acids is 1.